The van der Waals surface area contributed by atoms with Crippen LogP contribution >= 0.6 is 0 Å². The molecule has 2 atom stereocenters. The number of esters is 1. The molecule has 3 N–H and O–H groups in total. The van der Waals surface area contributed by atoms with Crippen molar-refractivity contribution in [1.82, 2.24) is 16.0 Å². The molecule has 6 heteroatoms. The smallest absolute Gasteiger partial charge is 0.319 e. The molecule has 1 aromatic rings. The third-order valence-electron chi connectivity index (χ3n) is 3.31. The number of ether oxygens (including phenoxy) is 1. The summed E-state index contributed by atoms with van der Waals surface area (Å²) in [5.41, 5.74) is 1.23. The molecule has 1 heterocycles. The van der Waals surface area contributed by atoms with Crippen molar-refractivity contribution in [3.8, 4) is 0 Å². The monoisotopic (exact) mass is 291 g/mol. The molecule has 6 nitrogen and oxygen atoms in total. The summed E-state index contributed by atoms with van der Waals surface area (Å²) in [6, 6.07) is 10.1. The predicted octanol–water partition coefficient (Wildman–Crippen LogP) is 0.00100. The fraction of sp³-hybridized carbons (Fsp3) is 0.467. The molecule has 21 heavy (non-hydrogen) atoms. The molecule has 2 rings (SSSR count). The lowest BCUT2D eigenvalue weighted by Crippen LogP contribution is -2.63. The molecule has 0 saturated carbocycles. The quantitative estimate of drug-likeness (QED) is 0.508. The van der Waals surface area contributed by atoms with Crippen molar-refractivity contribution in [2.45, 2.75) is 19.6 Å². The fourth-order valence-corrected chi connectivity index (χ4v) is 2.18. The molecular weight excluding hydrogens is 270 g/mol. The third kappa shape index (κ3) is 4.54. The Labute approximate surface area is 124 Å². The lowest BCUT2D eigenvalue weighted by Gasteiger charge is -2.29. The van der Waals surface area contributed by atoms with Crippen molar-refractivity contribution < 1.29 is 14.3 Å². The minimum absolute atomic E-state index is 0.279. The van der Waals surface area contributed by atoms with Crippen LogP contribution < -0.4 is 16.0 Å². The maximum atomic E-state index is 11.9. The van der Waals surface area contributed by atoms with Crippen molar-refractivity contribution in [3.63, 3.8) is 0 Å². The first-order valence-corrected chi connectivity index (χ1v) is 7.18. The molecule has 0 aromatic heterocycles. The Morgan fingerprint density at radius 3 is 2.81 bits per heavy atom. The highest BCUT2D eigenvalue weighted by Crippen LogP contribution is 2.04. The fourth-order valence-electron chi connectivity index (χ4n) is 2.18. The molecule has 2 unspecified atom stereocenters. The zero-order valence-electron chi connectivity index (χ0n) is 12.1. The lowest BCUT2D eigenvalue weighted by molar-refractivity contribution is -0.153. The van der Waals surface area contributed by atoms with Crippen LogP contribution in [-0.2, 0) is 20.7 Å². The Morgan fingerprint density at radius 2 is 2.14 bits per heavy atom. The predicted molar refractivity (Wildman–Crippen MR) is 78.2 cm³/mol. The van der Waals surface area contributed by atoms with Crippen molar-refractivity contribution >= 4 is 11.9 Å². The standard InChI is InChI=1S/C15H21N3O3/c1-2-21-14(20)12-10-17-15(18-13(12)19)16-9-8-11-6-4-3-5-7-11/h3-7,12,15-17H,2,8-10H2,1H3,(H,18,19). The van der Waals surface area contributed by atoms with E-state index < -0.39 is 11.9 Å². The number of carbonyl (C=O) groups excluding carboxylic acids is 2. The molecule has 1 aliphatic heterocycles. The van der Waals surface area contributed by atoms with Crippen LogP contribution in [-0.4, -0.2) is 37.9 Å². The average molecular weight is 291 g/mol. The van der Waals surface area contributed by atoms with E-state index in [0.29, 0.717) is 0 Å². The lowest BCUT2D eigenvalue weighted by atomic mass is 10.1. The summed E-state index contributed by atoms with van der Waals surface area (Å²) in [6.07, 6.45) is 0.558. The van der Waals surface area contributed by atoms with E-state index in [-0.39, 0.29) is 25.3 Å². The van der Waals surface area contributed by atoms with Gasteiger partial charge in [0, 0.05) is 13.1 Å². The van der Waals surface area contributed by atoms with Crippen molar-refractivity contribution in [2.24, 2.45) is 5.92 Å². The van der Waals surface area contributed by atoms with Gasteiger partial charge in [0.1, 0.15) is 12.2 Å². The van der Waals surface area contributed by atoms with Crippen LogP contribution in [0.15, 0.2) is 30.3 Å². The van der Waals surface area contributed by atoms with Gasteiger partial charge in [-0.1, -0.05) is 30.3 Å². The normalized spacial score (nSPS) is 21.7. The Balaban J connectivity index is 1.73. The molecule has 1 aromatic carbocycles. The molecule has 1 fully saturated rings. The zero-order chi connectivity index (χ0) is 15.1. The van der Waals surface area contributed by atoms with E-state index in [4.69, 9.17) is 4.74 Å². The van der Waals surface area contributed by atoms with Crippen LogP contribution in [0.5, 0.6) is 0 Å². The second-order valence-electron chi connectivity index (χ2n) is 4.84. The molecule has 1 aliphatic rings. The number of amides is 1. The first-order chi connectivity index (χ1) is 10.2. The van der Waals surface area contributed by atoms with Gasteiger partial charge in [-0.2, -0.15) is 0 Å². The molecule has 1 saturated heterocycles. The number of nitrogens with one attached hydrogen (secondary N) is 3. The summed E-state index contributed by atoms with van der Waals surface area (Å²) in [4.78, 5) is 23.4. The van der Waals surface area contributed by atoms with E-state index in [2.05, 4.69) is 28.1 Å². The van der Waals surface area contributed by atoms with Gasteiger partial charge in [0.15, 0.2) is 0 Å². The summed E-state index contributed by atoms with van der Waals surface area (Å²) in [5, 5.41) is 9.01. The van der Waals surface area contributed by atoms with E-state index in [0.717, 1.165) is 13.0 Å². The highest BCUT2D eigenvalue weighted by molar-refractivity contribution is 5.98. The molecule has 0 spiro atoms. The third-order valence-corrected chi connectivity index (χ3v) is 3.31. The first-order valence-electron chi connectivity index (χ1n) is 7.18. The molecule has 1 amide bonds. The molecular formula is C15H21N3O3. The van der Waals surface area contributed by atoms with E-state index >= 15 is 0 Å². The van der Waals surface area contributed by atoms with Gasteiger partial charge >= 0.3 is 5.97 Å². The summed E-state index contributed by atoms with van der Waals surface area (Å²) in [6.45, 7) is 3.01. The Kier molecular flexibility index (Phi) is 5.71. The van der Waals surface area contributed by atoms with Crippen LogP contribution in [0.3, 0.4) is 0 Å². The number of benzene rings is 1. The van der Waals surface area contributed by atoms with E-state index in [1.54, 1.807) is 6.92 Å². The second-order valence-corrected chi connectivity index (χ2v) is 4.84. The van der Waals surface area contributed by atoms with Gasteiger partial charge in [-0.25, -0.2) is 0 Å². The van der Waals surface area contributed by atoms with Crippen molar-refractivity contribution in [3.05, 3.63) is 35.9 Å². The van der Waals surface area contributed by atoms with Crippen LogP contribution in [0.4, 0.5) is 0 Å². The van der Waals surface area contributed by atoms with Crippen molar-refractivity contribution in [1.29, 1.82) is 0 Å². The average Bonchev–Trinajstić information content (AvgIpc) is 2.48. The van der Waals surface area contributed by atoms with Crippen LogP contribution in [0.1, 0.15) is 12.5 Å². The van der Waals surface area contributed by atoms with Gasteiger partial charge in [0.05, 0.1) is 6.61 Å². The summed E-state index contributed by atoms with van der Waals surface area (Å²) >= 11 is 0. The summed E-state index contributed by atoms with van der Waals surface area (Å²) < 4.78 is 4.87. The number of hydrogen-bond donors (Lipinski definition) is 3. The molecule has 0 bridgehead atoms. The number of hydrogen-bond acceptors (Lipinski definition) is 5. The second kappa shape index (κ2) is 7.75. The van der Waals surface area contributed by atoms with Gasteiger partial charge in [0.2, 0.25) is 5.91 Å². The van der Waals surface area contributed by atoms with Gasteiger partial charge in [0.25, 0.3) is 0 Å². The van der Waals surface area contributed by atoms with E-state index in [9.17, 15) is 9.59 Å². The Bertz CT molecular complexity index is 478. The van der Waals surface area contributed by atoms with Gasteiger partial charge < -0.3 is 10.1 Å². The van der Waals surface area contributed by atoms with Crippen LogP contribution in [0, 0.1) is 5.92 Å². The number of rotatable bonds is 6. The molecule has 114 valence electrons. The van der Waals surface area contributed by atoms with Crippen LogP contribution in [0.2, 0.25) is 0 Å². The Hall–Kier alpha value is -1.92. The Morgan fingerprint density at radius 1 is 1.38 bits per heavy atom. The topological polar surface area (TPSA) is 79.5 Å². The highest BCUT2D eigenvalue weighted by atomic mass is 16.5. The first kappa shape index (κ1) is 15.5. The van der Waals surface area contributed by atoms with Crippen molar-refractivity contribution in [2.75, 3.05) is 19.7 Å². The molecule has 0 radical (unpaired) electrons. The van der Waals surface area contributed by atoms with E-state index in [1.807, 2.05) is 18.2 Å². The largest absolute Gasteiger partial charge is 0.465 e. The number of carbonyl (C=O) groups is 2. The zero-order valence-corrected chi connectivity index (χ0v) is 12.1. The molecule has 0 aliphatic carbocycles. The SMILES string of the molecule is CCOC(=O)C1CNC(NCCc2ccccc2)NC1=O. The van der Waals surface area contributed by atoms with Gasteiger partial charge in [-0.05, 0) is 18.9 Å². The van der Waals surface area contributed by atoms with Gasteiger partial charge in [-0.15, -0.1) is 0 Å². The maximum Gasteiger partial charge on any atom is 0.319 e. The van der Waals surface area contributed by atoms with Gasteiger partial charge in [-0.3, -0.25) is 20.2 Å². The summed E-state index contributed by atoms with van der Waals surface area (Å²) in [7, 11) is 0. The summed E-state index contributed by atoms with van der Waals surface area (Å²) in [5.74, 6) is -1.55. The van der Waals surface area contributed by atoms with Crippen LogP contribution in [0.25, 0.3) is 0 Å². The van der Waals surface area contributed by atoms with E-state index in [1.165, 1.54) is 5.56 Å². The minimum Gasteiger partial charge on any atom is -0.465 e. The maximum absolute atomic E-state index is 11.9. The minimum atomic E-state index is -0.767. The highest BCUT2D eigenvalue weighted by Gasteiger charge is 2.33.